The molecule has 0 bridgehead atoms. The van der Waals surface area contributed by atoms with E-state index in [9.17, 15) is 8.42 Å². The first kappa shape index (κ1) is 10.6. The maximum absolute atomic E-state index is 11.7. The van der Waals surface area contributed by atoms with Crippen LogP contribution in [0.4, 0.5) is 0 Å². The number of nitrogens with one attached hydrogen (secondary N) is 1. The predicted molar refractivity (Wildman–Crippen MR) is 57.2 cm³/mol. The molecule has 0 aromatic carbocycles. The van der Waals surface area contributed by atoms with E-state index in [2.05, 4.69) is 10.4 Å². The van der Waals surface area contributed by atoms with E-state index in [1.807, 2.05) is 0 Å². The van der Waals surface area contributed by atoms with E-state index in [1.165, 1.54) is 0 Å². The van der Waals surface area contributed by atoms with Crippen LogP contribution in [-0.2, 0) is 16.4 Å². The summed E-state index contributed by atoms with van der Waals surface area (Å²) in [6, 6.07) is 1.79. The molecule has 1 aromatic rings. The van der Waals surface area contributed by atoms with Crippen molar-refractivity contribution in [3.63, 3.8) is 0 Å². The third-order valence-corrected chi connectivity index (χ3v) is 4.33. The van der Waals surface area contributed by atoms with Gasteiger partial charge in [-0.2, -0.15) is 5.10 Å². The van der Waals surface area contributed by atoms with Crippen LogP contribution in [0.1, 0.15) is 0 Å². The average Bonchev–Trinajstić information content (AvgIpc) is 2.61. The Hall–Kier alpha value is -0.880. The molecule has 6 heteroatoms. The van der Waals surface area contributed by atoms with E-state index in [4.69, 9.17) is 0 Å². The summed E-state index contributed by atoms with van der Waals surface area (Å²) in [5, 5.41) is 7.04. The zero-order chi connectivity index (χ0) is 10.7. The maximum atomic E-state index is 11.7. The first-order valence-electron chi connectivity index (χ1n) is 5.04. The number of rotatable bonds is 5. The number of nitrogens with zero attached hydrogens (tertiary/aromatic N) is 2. The summed E-state index contributed by atoms with van der Waals surface area (Å²) in [4.78, 5) is 0. The molecule has 1 fully saturated rings. The van der Waals surface area contributed by atoms with Crippen LogP contribution in [0.5, 0.6) is 0 Å². The van der Waals surface area contributed by atoms with Crippen molar-refractivity contribution in [3.8, 4) is 0 Å². The highest BCUT2D eigenvalue weighted by Gasteiger charge is 2.23. The molecule has 15 heavy (non-hydrogen) atoms. The topological polar surface area (TPSA) is 64.0 Å². The lowest BCUT2D eigenvalue weighted by Crippen LogP contribution is -2.46. The van der Waals surface area contributed by atoms with Crippen molar-refractivity contribution in [2.75, 3.05) is 24.6 Å². The van der Waals surface area contributed by atoms with Crippen LogP contribution in [0.3, 0.4) is 0 Å². The second kappa shape index (κ2) is 4.32. The van der Waals surface area contributed by atoms with E-state index in [0.29, 0.717) is 18.2 Å². The van der Waals surface area contributed by atoms with Crippen molar-refractivity contribution in [1.29, 1.82) is 0 Å². The summed E-state index contributed by atoms with van der Waals surface area (Å²) in [7, 11) is -2.92. The molecule has 0 amide bonds. The summed E-state index contributed by atoms with van der Waals surface area (Å²) in [6.45, 7) is 2.12. The summed E-state index contributed by atoms with van der Waals surface area (Å²) in [5.74, 6) is 0.805. The van der Waals surface area contributed by atoms with Crippen molar-refractivity contribution < 1.29 is 8.42 Å². The van der Waals surface area contributed by atoms with Crippen molar-refractivity contribution >= 4 is 9.84 Å². The van der Waals surface area contributed by atoms with Gasteiger partial charge in [0.1, 0.15) is 0 Å². The van der Waals surface area contributed by atoms with E-state index in [1.54, 1.807) is 23.1 Å². The zero-order valence-electron chi connectivity index (χ0n) is 8.46. The molecule has 0 radical (unpaired) electrons. The van der Waals surface area contributed by atoms with Crippen molar-refractivity contribution in [2.45, 2.75) is 6.54 Å². The smallest absolute Gasteiger partial charge is 0.152 e. The minimum atomic E-state index is -2.92. The lowest BCUT2D eigenvalue weighted by Gasteiger charge is -2.26. The average molecular weight is 229 g/mol. The van der Waals surface area contributed by atoms with Gasteiger partial charge >= 0.3 is 0 Å². The van der Waals surface area contributed by atoms with Gasteiger partial charge in [0.15, 0.2) is 9.84 Å². The molecule has 0 saturated carbocycles. The monoisotopic (exact) mass is 229 g/mol. The summed E-state index contributed by atoms with van der Waals surface area (Å²) < 4.78 is 25.0. The fourth-order valence-electron chi connectivity index (χ4n) is 1.57. The van der Waals surface area contributed by atoms with Crippen LogP contribution in [0.15, 0.2) is 18.5 Å². The molecule has 1 saturated heterocycles. The van der Waals surface area contributed by atoms with Crippen molar-refractivity contribution in [1.82, 2.24) is 15.1 Å². The SMILES string of the molecule is O=S(=O)(CCn1cccn1)CC1CNC1. The molecule has 5 nitrogen and oxygen atoms in total. The number of aryl methyl sites for hydroxylation is 1. The Kier molecular flexibility index (Phi) is 3.06. The molecule has 0 aliphatic carbocycles. The van der Waals surface area contributed by atoms with Gasteiger partial charge in [-0.1, -0.05) is 0 Å². The molecule has 1 aliphatic rings. The van der Waals surface area contributed by atoms with Crippen LogP contribution in [0.2, 0.25) is 0 Å². The highest BCUT2D eigenvalue weighted by molar-refractivity contribution is 7.91. The van der Waals surface area contributed by atoms with Crippen LogP contribution in [0, 0.1) is 5.92 Å². The molecular weight excluding hydrogens is 214 g/mol. The molecule has 1 aliphatic heterocycles. The lowest BCUT2D eigenvalue weighted by atomic mass is 10.1. The molecule has 2 heterocycles. The van der Waals surface area contributed by atoms with Crippen LogP contribution in [-0.4, -0.2) is 42.8 Å². The zero-order valence-corrected chi connectivity index (χ0v) is 9.28. The summed E-state index contributed by atoms with van der Waals surface area (Å²) >= 11 is 0. The van der Waals surface area contributed by atoms with Gasteiger partial charge in [-0.15, -0.1) is 0 Å². The van der Waals surface area contributed by atoms with Gasteiger partial charge in [-0.05, 0) is 12.0 Å². The Morgan fingerprint density at radius 3 is 2.80 bits per heavy atom. The minimum Gasteiger partial charge on any atom is -0.316 e. The second-order valence-electron chi connectivity index (χ2n) is 3.91. The van der Waals surface area contributed by atoms with E-state index >= 15 is 0 Å². The van der Waals surface area contributed by atoms with Gasteiger partial charge in [-0.25, -0.2) is 8.42 Å². The molecule has 0 atom stereocenters. The Bertz CT molecular complexity index is 395. The second-order valence-corrected chi connectivity index (χ2v) is 6.14. The van der Waals surface area contributed by atoms with Crippen LogP contribution < -0.4 is 5.32 Å². The fraction of sp³-hybridized carbons (Fsp3) is 0.667. The van der Waals surface area contributed by atoms with E-state index < -0.39 is 9.84 Å². The van der Waals surface area contributed by atoms with Gasteiger partial charge in [0.05, 0.1) is 18.1 Å². The van der Waals surface area contributed by atoms with E-state index in [-0.39, 0.29) is 5.75 Å². The number of sulfone groups is 1. The minimum absolute atomic E-state index is 0.186. The van der Waals surface area contributed by atoms with Gasteiger partial charge < -0.3 is 5.32 Å². The van der Waals surface area contributed by atoms with Gasteiger partial charge in [-0.3, -0.25) is 4.68 Å². The maximum Gasteiger partial charge on any atom is 0.152 e. The third-order valence-electron chi connectivity index (χ3n) is 2.55. The van der Waals surface area contributed by atoms with Crippen LogP contribution >= 0.6 is 0 Å². The van der Waals surface area contributed by atoms with E-state index in [0.717, 1.165) is 13.1 Å². The normalized spacial score (nSPS) is 17.6. The van der Waals surface area contributed by atoms with Gasteiger partial charge in [0, 0.05) is 25.5 Å². The highest BCUT2D eigenvalue weighted by atomic mass is 32.2. The molecule has 2 rings (SSSR count). The molecule has 1 N–H and O–H groups in total. The highest BCUT2D eigenvalue weighted by Crippen LogP contribution is 2.07. The standard InChI is InChI=1S/C9H15N3O2S/c13-15(14,8-9-6-10-7-9)5-4-12-3-1-2-11-12/h1-3,9-10H,4-8H2. The lowest BCUT2D eigenvalue weighted by molar-refractivity contribution is 0.378. The Balaban J connectivity index is 1.82. The quantitative estimate of drug-likeness (QED) is 0.740. The Morgan fingerprint density at radius 1 is 1.47 bits per heavy atom. The van der Waals surface area contributed by atoms with Gasteiger partial charge in [0.25, 0.3) is 0 Å². The Labute approximate surface area is 89.4 Å². The largest absolute Gasteiger partial charge is 0.316 e. The molecule has 0 unspecified atom stereocenters. The summed E-state index contributed by atoms with van der Waals surface area (Å²) in [6.07, 6.45) is 3.43. The van der Waals surface area contributed by atoms with Crippen molar-refractivity contribution in [2.24, 2.45) is 5.92 Å². The Morgan fingerprint density at radius 2 is 2.27 bits per heavy atom. The molecule has 0 spiro atoms. The summed E-state index contributed by atoms with van der Waals surface area (Å²) in [5.41, 5.74) is 0. The fourth-order valence-corrected chi connectivity index (χ4v) is 3.16. The molecule has 84 valence electrons. The predicted octanol–water partition coefficient (Wildman–Crippen LogP) is -0.483. The number of aromatic nitrogens is 2. The third kappa shape index (κ3) is 3.04. The van der Waals surface area contributed by atoms with Gasteiger partial charge in [0.2, 0.25) is 0 Å². The number of hydrogen-bond donors (Lipinski definition) is 1. The first-order valence-corrected chi connectivity index (χ1v) is 6.86. The number of hydrogen-bond acceptors (Lipinski definition) is 4. The van der Waals surface area contributed by atoms with Crippen LogP contribution in [0.25, 0.3) is 0 Å². The first-order chi connectivity index (χ1) is 7.16. The molecular formula is C9H15N3O2S. The molecule has 1 aromatic heterocycles. The van der Waals surface area contributed by atoms with Crippen molar-refractivity contribution in [3.05, 3.63) is 18.5 Å².